The van der Waals surface area contributed by atoms with Gasteiger partial charge in [0, 0.05) is 12.4 Å². The Morgan fingerprint density at radius 1 is 0.424 bits per heavy atom. The molecule has 2 heteroatoms. The first-order valence-electron chi connectivity index (χ1n) is 11.4. The van der Waals surface area contributed by atoms with E-state index >= 15 is 0 Å². The zero-order chi connectivity index (χ0) is 22.0. The molecule has 0 aliphatic heterocycles. The summed E-state index contributed by atoms with van der Waals surface area (Å²) in [6.07, 6.45) is 3.78. The van der Waals surface area contributed by atoms with Gasteiger partial charge in [0.1, 0.15) is 0 Å². The lowest BCUT2D eigenvalue weighted by atomic mass is 9.86. The van der Waals surface area contributed by atoms with Crippen molar-refractivity contribution in [2.24, 2.45) is 0 Å². The van der Waals surface area contributed by atoms with E-state index in [0.717, 1.165) is 0 Å². The molecule has 0 saturated heterocycles. The Labute approximate surface area is 196 Å². The lowest BCUT2D eigenvalue weighted by Gasteiger charge is -2.18. The van der Waals surface area contributed by atoms with Crippen LogP contribution in [-0.4, -0.2) is 14.5 Å². The van der Waals surface area contributed by atoms with Gasteiger partial charge in [0.2, 0.25) is 0 Å². The fourth-order valence-electron chi connectivity index (χ4n) is 4.91. The Balaban J connectivity index is 1.71. The molecule has 0 atom stereocenters. The van der Waals surface area contributed by atoms with Gasteiger partial charge in [0.25, 0.3) is 0 Å². The highest BCUT2D eigenvalue weighted by atomic mass is 28.2. The van der Waals surface area contributed by atoms with Gasteiger partial charge < -0.3 is 0 Å². The second-order valence-corrected chi connectivity index (χ2v) is 10.4. The van der Waals surface area contributed by atoms with E-state index in [9.17, 15) is 0 Å². The number of hydrogen-bond donors (Lipinski definition) is 0. The first-order valence-corrected chi connectivity index (χ1v) is 12.8. The maximum Gasteiger partial charge on any atom is 0.0875 e. The molecule has 0 amide bonds. The largest absolute Gasteiger partial charge is 0.265 e. The number of benzene rings is 5. The molecule has 156 valence electrons. The molecule has 1 heterocycles. The van der Waals surface area contributed by atoms with E-state index in [1.165, 1.54) is 54.2 Å². The van der Waals surface area contributed by atoms with E-state index in [1.807, 2.05) is 12.4 Å². The Kier molecular flexibility index (Phi) is 5.06. The lowest BCUT2D eigenvalue weighted by Crippen LogP contribution is -2.26. The summed E-state index contributed by atoms with van der Waals surface area (Å²) in [6.45, 7) is 0. The third kappa shape index (κ3) is 3.65. The van der Waals surface area contributed by atoms with Crippen LogP contribution in [0.2, 0.25) is 0 Å². The van der Waals surface area contributed by atoms with E-state index < -0.39 is 9.52 Å². The van der Waals surface area contributed by atoms with Crippen molar-refractivity contribution in [2.75, 3.05) is 0 Å². The first-order chi connectivity index (χ1) is 16.4. The molecule has 0 spiro atoms. The number of aromatic nitrogens is 1. The van der Waals surface area contributed by atoms with Crippen LogP contribution in [-0.2, 0) is 0 Å². The summed E-state index contributed by atoms with van der Waals surface area (Å²) < 4.78 is 0. The minimum absolute atomic E-state index is 0.557. The molecule has 0 aliphatic carbocycles. The van der Waals surface area contributed by atoms with Crippen molar-refractivity contribution in [2.45, 2.75) is 0 Å². The van der Waals surface area contributed by atoms with E-state index in [0.29, 0.717) is 0 Å². The summed E-state index contributed by atoms with van der Waals surface area (Å²) in [6, 6.07) is 41.9. The van der Waals surface area contributed by atoms with Crippen LogP contribution in [0.1, 0.15) is 0 Å². The molecule has 5 aromatic carbocycles. The third-order valence-electron chi connectivity index (χ3n) is 6.37. The van der Waals surface area contributed by atoms with Crippen LogP contribution in [0.3, 0.4) is 0 Å². The van der Waals surface area contributed by atoms with Gasteiger partial charge in [-0.15, -0.1) is 0 Å². The van der Waals surface area contributed by atoms with Gasteiger partial charge in [-0.2, -0.15) is 0 Å². The molecular formula is C31H23NSi. The molecule has 33 heavy (non-hydrogen) atoms. The van der Waals surface area contributed by atoms with Gasteiger partial charge in [0.15, 0.2) is 0 Å². The van der Waals surface area contributed by atoms with Crippen LogP contribution in [0.4, 0.5) is 0 Å². The maximum atomic E-state index is 4.28. The average Bonchev–Trinajstić information content (AvgIpc) is 2.89. The molecule has 0 unspecified atom stereocenters. The van der Waals surface area contributed by atoms with Crippen molar-refractivity contribution in [1.82, 2.24) is 4.98 Å². The van der Waals surface area contributed by atoms with Crippen molar-refractivity contribution < 1.29 is 0 Å². The van der Waals surface area contributed by atoms with Crippen molar-refractivity contribution >= 4 is 41.4 Å². The molecule has 0 radical (unpaired) electrons. The minimum Gasteiger partial charge on any atom is -0.265 e. The second kappa shape index (κ2) is 8.49. The molecule has 0 bridgehead atoms. The topological polar surface area (TPSA) is 12.9 Å². The monoisotopic (exact) mass is 437 g/mol. The number of rotatable bonds is 4. The summed E-state index contributed by atoms with van der Waals surface area (Å²) in [5.41, 5.74) is 5.08. The van der Waals surface area contributed by atoms with E-state index in [2.05, 4.69) is 120 Å². The SMILES string of the molecule is c1ccc([SiH2]c2ccc3c(-c4ccccc4)c4ccccc4c(-c4ccncc4)c3c2)cc1. The molecule has 6 rings (SSSR count). The van der Waals surface area contributed by atoms with Crippen LogP contribution in [0.5, 0.6) is 0 Å². The van der Waals surface area contributed by atoms with Gasteiger partial charge in [-0.3, -0.25) is 4.98 Å². The van der Waals surface area contributed by atoms with Gasteiger partial charge in [-0.25, -0.2) is 0 Å². The Bertz CT molecular complexity index is 1560. The quantitative estimate of drug-likeness (QED) is 0.249. The normalized spacial score (nSPS) is 11.5. The van der Waals surface area contributed by atoms with E-state index in [-0.39, 0.29) is 0 Å². The van der Waals surface area contributed by atoms with Crippen LogP contribution >= 0.6 is 0 Å². The highest BCUT2D eigenvalue weighted by Gasteiger charge is 2.17. The summed E-state index contributed by atoms with van der Waals surface area (Å²) >= 11 is 0. The second-order valence-electron chi connectivity index (χ2n) is 8.44. The molecule has 0 aliphatic rings. The standard InChI is InChI=1S/C31H23NSi/c1-3-9-22(10-4-1)30-26-13-7-8-14-27(26)31(23-17-19-32-20-18-23)29-21-25(15-16-28(29)30)33-24-11-5-2-6-12-24/h1-21H,33H2. The molecular weight excluding hydrogens is 414 g/mol. The third-order valence-corrected chi connectivity index (χ3v) is 8.10. The zero-order valence-electron chi connectivity index (χ0n) is 18.3. The van der Waals surface area contributed by atoms with E-state index in [1.54, 1.807) is 0 Å². The van der Waals surface area contributed by atoms with E-state index in [4.69, 9.17) is 0 Å². The van der Waals surface area contributed by atoms with Crippen LogP contribution < -0.4 is 10.4 Å². The Hall–Kier alpha value is -4.01. The number of fused-ring (bicyclic) bond motifs is 2. The lowest BCUT2D eigenvalue weighted by molar-refractivity contribution is 1.33. The van der Waals surface area contributed by atoms with Gasteiger partial charge in [-0.1, -0.05) is 114 Å². The zero-order valence-corrected chi connectivity index (χ0v) is 19.7. The van der Waals surface area contributed by atoms with Crippen molar-refractivity contribution in [3.63, 3.8) is 0 Å². The molecule has 0 fully saturated rings. The van der Waals surface area contributed by atoms with Crippen LogP contribution in [0.25, 0.3) is 43.8 Å². The van der Waals surface area contributed by atoms with Crippen molar-refractivity contribution in [1.29, 1.82) is 0 Å². The van der Waals surface area contributed by atoms with Gasteiger partial charge >= 0.3 is 0 Å². The summed E-state index contributed by atoms with van der Waals surface area (Å²) in [5, 5.41) is 8.12. The highest BCUT2D eigenvalue weighted by Crippen LogP contribution is 2.42. The Morgan fingerprint density at radius 3 is 1.67 bits per heavy atom. The summed E-state index contributed by atoms with van der Waals surface area (Å²) in [4.78, 5) is 4.28. The highest BCUT2D eigenvalue weighted by molar-refractivity contribution is 6.67. The number of pyridine rings is 1. The van der Waals surface area contributed by atoms with Gasteiger partial charge in [0.05, 0.1) is 9.52 Å². The average molecular weight is 438 g/mol. The predicted octanol–water partition coefficient (Wildman–Crippen LogP) is 5.84. The van der Waals surface area contributed by atoms with Gasteiger partial charge in [-0.05, 0) is 55.9 Å². The van der Waals surface area contributed by atoms with Crippen molar-refractivity contribution in [3.05, 3.63) is 128 Å². The number of hydrogen-bond acceptors (Lipinski definition) is 1. The summed E-state index contributed by atoms with van der Waals surface area (Å²) in [5.74, 6) is 0. The Morgan fingerprint density at radius 2 is 0.970 bits per heavy atom. The van der Waals surface area contributed by atoms with Crippen molar-refractivity contribution in [3.8, 4) is 22.3 Å². The first kappa shape index (κ1) is 19.7. The fraction of sp³-hybridized carbons (Fsp3) is 0. The molecule has 1 aromatic heterocycles. The van der Waals surface area contributed by atoms with Crippen LogP contribution in [0, 0.1) is 0 Å². The number of nitrogens with zero attached hydrogens (tertiary/aromatic N) is 1. The van der Waals surface area contributed by atoms with Crippen LogP contribution in [0.15, 0.2) is 128 Å². The molecule has 1 nitrogen and oxygen atoms in total. The summed E-state index contributed by atoms with van der Waals surface area (Å²) in [7, 11) is -0.557. The minimum atomic E-state index is -0.557. The fourth-order valence-corrected chi connectivity index (χ4v) is 6.43. The molecule has 6 aromatic rings. The molecule has 0 saturated carbocycles. The molecule has 0 N–H and O–H groups in total. The predicted molar refractivity (Wildman–Crippen MR) is 144 cm³/mol. The maximum absolute atomic E-state index is 4.28. The smallest absolute Gasteiger partial charge is 0.0875 e.